The van der Waals surface area contributed by atoms with Crippen molar-refractivity contribution >= 4 is 29.3 Å². The van der Waals surface area contributed by atoms with Crippen LogP contribution in [0.5, 0.6) is 0 Å². The molecule has 1 aliphatic heterocycles. The lowest BCUT2D eigenvalue weighted by atomic mass is 9.97. The lowest BCUT2D eigenvalue weighted by Gasteiger charge is -2.33. The Bertz CT molecular complexity index is 759. The summed E-state index contributed by atoms with van der Waals surface area (Å²) in [6.45, 7) is 4.23. The molecule has 1 aliphatic carbocycles. The predicted molar refractivity (Wildman–Crippen MR) is 108 cm³/mol. The molecule has 0 radical (unpaired) electrons. The molecule has 2 fully saturated rings. The third kappa shape index (κ3) is 4.85. The van der Waals surface area contributed by atoms with Crippen LogP contribution >= 0.6 is 11.6 Å². The Morgan fingerprint density at radius 3 is 2.68 bits per heavy atom. The van der Waals surface area contributed by atoms with Crippen LogP contribution < -0.4 is 10.6 Å². The van der Waals surface area contributed by atoms with Crippen molar-refractivity contribution in [1.82, 2.24) is 15.5 Å². The molecular formula is C21H28ClN3O3. The van der Waals surface area contributed by atoms with Gasteiger partial charge in [-0.05, 0) is 30.5 Å². The molecule has 1 aromatic rings. The van der Waals surface area contributed by atoms with Crippen LogP contribution in [0.4, 0.5) is 0 Å². The smallest absolute Gasteiger partial charge is 0.244 e. The number of hydrogen-bond acceptors (Lipinski definition) is 3. The maximum absolute atomic E-state index is 13.1. The normalized spacial score (nSPS) is 21.5. The van der Waals surface area contributed by atoms with E-state index in [1.807, 2.05) is 12.1 Å². The fraction of sp³-hybridized carbons (Fsp3) is 0.571. The van der Waals surface area contributed by atoms with Crippen molar-refractivity contribution in [1.29, 1.82) is 0 Å². The van der Waals surface area contributed by atoms with Crippen LogP contribution in [0.25, 0.3) is 0 Å². The van der Waals surface area contributed by atoms with Gasteiger partial charge in [-0.1, -0.05) is 50.4 Å². The highest BCUT2D eigenvalue weighted by atomic mass is 35.5. The van der Waals surface area contributed by atoms with Gasteiger partial charge in [-0.2, -0.15) is 0 Å². The summed E-state index contributed by atoms with van der Waals surface area (Å²) in [6.07, 6.45) is 3.98. The van der Waals surface area contributed by atoms with Crippen molar-refractivity contribution in [2.75, 3.05) is 13.1 Å². The zero-order chi connectivity index (χ0) is 20.3. The van der Waals surface area contributed by atoms with Crippen LogP contribution in [0, 0.1) is 5.92 Å². The van der Waals surface area contributed by atoms with Gasteiger partial charge in [-0.25, -0.2) is 0 Å². The second kappa shape index (κ2) is 8.52. The highest BCUT2D eigenvalue weighted by Crippen LogP contribution is 2.32. The van der Waals surface area contributed by atoms with Crippen molar-refractivity contribution in [2.24, 2.45) is 5.92 Å². The highest BCUT2D eigenvalue weighted by molar-refractivity contribution is 6.30. The molecule has 1 atom stereocenters. The highest BCUT2D eigenvalue weighted by Gasteiger charge is 2.43. The maximum atomic E-state index is 13.1. The molecule has 6 nitrogen and oxygen atoms in total. The average Bonchev–Trinajstić information content (AvgIpc) is 3.02. The van der Waals surface area contributed by atoms with Gasteiger partial charge >= 0.3 is 0 Å². The predicted octanol–water partition coefficient (Wildman–Crippen LogP) is 2.29. The molecule has 152 valence electrons. The Labute approximate surface area is 171 Å². The van der Waals surface area contributed by atoms with E-state index in [0.717, 1.165) is 31.2 Å². The van der Waals surface area contributed by atoms with Crippen LogP contribution in [0.2, 0.25) is 5.02 Å². The summed E-state index contributed by atoms with van der Waals surface area (Å²) < 4.78 is 0. The van der Waals surface area contributed by atoms with Crippen LogP contribution in [0.15, 0.2) is 24.3 Å². The van der Waals surface area contributed by atoms with Gasteiger partial charge in [0.1, 0.15) is 6.04 Å². The molecular weight excluding hydrogens is 378 g/mol. The van der Waals surface area contributed by atoms with E-state index in [1.54, 1.807) is 30.9 Å². The summed E-state index contributed by atoms with van der Waals surface area (Å²) in [7, 11) is 0. The Morgan fingerprint density at radius 1 is 1.32 bits per heavy atom. The number of hydrogen-bond donors (Lipinski definition) is 2. The fourth-order valence-corrected chi connectivity index (χ4v) is 4.24. The number of carbonyl (C=O) groups is 3. The van der Waals surface area contributed by atoms with E-state index < -0.39 is 11.6 Å². The second-order valence-electron chi connectivity index (χ2n) is 8.27. The van der Waals surface area contributed by atoms with Crippen LogP contribution in [-0.2, 0) is 20.8 Å². The SMILES string of the molecule is CC(C)C(=O)NC1CN(C(=O)Cc2cccc(Cl)c2)CC2(CCCC2)NC1=O. The Balaban J connectivity index is 1.80. The number of benzene rings is 1. The Kier molecular flexibility index (Phi) is 6.28. The van der Waals surface area contributed by atoms with Gasteiger partial charge in [0.2, 0.25) is 17.7 Å². The molecule has 3 amide bonds. The van der Waals surface area contributed by atoms with E-state index in [1.165, 1.54) is 0 Å². The van der Waals surface area contributed by atoms with Crippen LogP contribution in [-0.4, -0.2) is 47.3 Å². The third-order valence-corrected chi connectivity index (χ3v) is 5.84. The summed E-state index contributed by atoms with van der Waals surface area (Å²) in [5.41, 5.74) is 0.447. The number of carbonyl (C=O) groups excluding carboxylic acids is 3. The van der Waals surface area contributed by atoms with Crippen molar-refractivity contribution in [3.8, 4) is 0 Å². The number of amides is 3. The molecule has 2 N–H and O–H groups in total. The molecule has 1 saturated carbocycles. The molecule has 2 aliphatic rings. The van der Waals surface area contributed by atoms with E-state index >= 15 is 0 Å². The fourth-order valence-electron chi connectivity index (χ4n) is 4.03. The lowest BCUT2D eigenvalue weighted by Crippen LogP contribution is -2.54. The van der Waals surface area contributed by atoms with Gasteiger partial charge in [-0.3, -0.25) is 14.4 Å². The van der Waals surface area contributed by atoms with Crippen molar-refractivity contribution in [3.05, 3.63) is 34.9 Å². The Morgan fingerprint density at radius 2 is 2.04 bits per heavy atom. The minimum Gasteiger partial charge on any atom is -0.347 e. The van der Waals surface area contributed by atoms with Gasteiger partial charge in [0.05, 0.1) is 18.5 Å². The zero-order valence-electron chi connectivity index (χ0n) is 16.5. The van der Waals surface area contributed by atoms with Crippen molar-refractivity contribution < 1.29 is 14.4 Å². The minimum atomic E-state index is -0.738. The molecule has 1 aromatic carbocycles. The quantitative estimate of drug-likeness (QED) is 0.806. The second-order valence-corrected chi connectivity index (χ2v) is 8.71. The summed E-state index contributed by atoms with van der Waals surface area (Å²) in [6, 6.07) is 6.51. The minimum absolute atomic E-state index is 0.0613. The molecule has 3 rings (SSSR count). The Hall–Kier alpha value is -2.08. The first-order valence-electron chi connectivity index (χ1n) is 9.93. The summed E-state index contributed by atoms with van der Waals surface area (Å²) in [5, 5.41) is 6.53. The largest absolute Gasteiger partial charge is 0.347 e. The molecule has 1 spiro atoms. The molecule has 28 heavy (non-hydrogen) atoms. The van der Waals surface area contributed by atoms with Gasteiger partial charge in [-0.15, -0.1) is 0 Å². The van der Waals surface area contributed by atoms with E-state index in [2.05, 4.69) is 10.6 Å². The monoisotopic (exact) mass is 405 g/mol. The van der Waals surface area contributed by atoms with Gasteiger partial charge in [0.25, 0.3) is 0 Å². The van der Waals surface area contributed by atoms with Crippen molar-refractivity contribution in [2.45, 2.75) is 57.5 Å². The average molecular weight is 406 g/mol. The van der Waals surface area contributed by atoms with Gasteiger partial charge in [0, 0.05) is 17.5 Å². The molecule has 0 bridgehead atoms. The van der Waals surface area contributed by atoms with Crippen molar-refractivity contribution in [3.63, 3.8) is 0 Å². The van der Waals surface area contributed by atoms with E-state index in [4.69, 9.17) is 11.6 Å². The third-order valence-electron chi connectivity index (χ3n) is 5.60. The van der Waals surface area contributed by atoms with Crippen LogP contribution in [0.1, 0.15) is 45.1 Å². The molecule has 7 heteroatoms. The standard InChI is InChI=1S/C21H28ClN3O3/c1-14(2)19(27)23-17-12-25(13-21(24-20(17)28)8-3-4-9-21)18(26)11-15-6-5-7-16(22)10-15/h5-7,10,14,17H,3-4,8-9,11-13H2,1-2H3,(H,23,27)(H,24,28). The first-order chi connectivity index (χ1) is 13.3. The number of halogens is 1. The number of rotatable bonds is 4. The van der Waals surface area contributed by atoms with E-state index in [9.17, 15) is 14.4 Å². The first-order valence-corrected chi connectivity index (χ1v) is 10.3. The van der Waals surface area contributed by atoms with Gasteiger partial charge in [0.15, 0.2) is 0 Å². The molecule has 1 saturated heterocycles. The molecule has 1 unspecified atom stereocenters. The summed E-state index contributed by atoms with van der Waals surface area (Å²) >= 11 is 6.04. The lowest BCUT2D eigenvalue weighted by molar-refractivity contribution is -0.133. The molecule has 0 aromatic heterocycles. The number of nitrogens with one attached hydrogen (secondary N) is 2. The zero-order valence-corrected chi connectivity index (χ0v) is 17.2. The summed E-state index contributed by atoms with van der Waals surface area (Å²) in [5.74, 6) is -0.681. The summed E-state index contributed by atoms with van der Waals surface area (Å²) in [4.78, 5) is 39.8. The molecule has 1 heterocycles. The topological polar surface area (TPSA) is 78.5 Å². The number of nitrogens with zero attached hydrogens (tertiary/aromatic N) is 1. The van der Waals surface area contributed by atoms with Gasteiger partial charge < -0.3 is 15.5 Å². The van der Waals surface area contributed by atoms with E-state index in [0.29, 0.717) is 11.6 Å². The van der Waals surface area contributed by atoms with Crippen LogP contribution in [0.3, 0.4) is 0 Å². The van der Waals surface area contributed by atoms with E-state index in [-0.39, 0.29) is 36.6 Å². The maximum Gasteiger partial charge on any atom is 0.244 e. The first kappa shape index (κ1) is 20.6.